The molecule has 0 bridgehead atoms. The number of nitrogens with zero attached hydrogens (tertiary/aromatic N) is 1. The van der Waals surface area contributed by atoms with Gasteiger partial charge in [0.05, 0.1) is 37.6 Å². The third-order valence-corrected chi connectivity index (χ3v) is 5.32. The molecule has 0 aromatic carbocycles. The largest absolute Gasteiger partial charge is 0.466 e. The Morgan fingerprint density at radius 2 is 2.22 bits per heavy atom. The number of fused-ring (bicyclic) bond motifs is 1. The van der Waals surface area contributed by atoms with E-state index in [4.69, 9.17) is 4.42 Å². The average Bonchev–Trinajstić information content (AvgIpc) is 3.23. The van der Waals surface area contributed by atoms with Crippen LogP contribution in [0.3, 0.4) is 0 Å². The van der Waals surface area contributed by atoms with Crippen LogP contribution in [0.5, 0.6) is 0 Å². The van der Waals surface area contributed by atoms with Gasteiger partial charge in [-0.1, -0.05) is 6.92 Å². The number of aromatic amines is 1. The van der Waals surface area contributed by atoms with Gasteiger partial charge in [0.25, 0.3) is 0 Å². The monoisotopic (exact) mass is 371 g/mol. The lowest BCUT2D eigenvalue weighted by Gasteiger charge is -2.26. The summed E-state index contributed by atoms with van der Waals surface area (Å²) in [5, 5.41) is 26.1. The Kier molecular flexibility index (Phi) is 6.32. The number of nitriles is 1. The quantitative estimate of drug-likeness (QED) is 0.548. The first-order valence-corrected chi connectivity index (χ1v) is 9.68. The van der Waals surface area contributed by atoms with E-state index >= 15 is 0 Å². The Balaban J connectivity index is 1.99. The number of aliphatic hydroxyl groups excluding tert-OH is 1. The van der Waals surface area contributed by atoms with Crippen LogP contribution in [0.1, 0.15) is 42.7 Å². The van der Waals surface area contributed by atoms with Crippen LogP contribution in [0.25, 0.3) is 0 Å². The fourth-order valence-electron chi connectivity index (χ4n) is 3.58. The molecule has 0 spiro atoms. The van der Waals surface area contributed by atoms with E-state index in [9.17, 15) is 10.4 Å². The molecule has 2 aromatic rings. The number of aromatic nitrogens is 1. The molecular weight excluding hydrogens is 342 g/mol. The first-order chi connectivity index (χ1) is 13.2. The number of rotatable bonds is 8. The zero-order valence-electron chi connectivity index (χ0n) is 16.1. The van der Waals surface area contributed by atoms with Crippen LogP contribution in [0.15, 0.2) is 22.8 Å². The third-order valence-electron chi connectivity index (χ3n) is 5.32. The highest BCUT2D eigenvalue weighted by molar-refractivity contribution is 5.61. The summed E-state index contributed by atoms with van der Waals surface area (Å²) in [6, 6.07) is 6.09. The van der Waals surface area contributed by atoms with Crippen molar-refractivity contribution >= 4 is 11.6 Å². The molecule has 0 radical (unpaired) electrons. The SMILES string of the molecule is CC[C@@H](CO)Nc1[nH+]c(NCc2ccco2)c2c(c1C#N)CC[NH+](CC)C2. The summed E-state index contributed by atoms with van der Waals surface area (Å²) in [5.41, 5.74) is 2.94. The number of furan rings is 1. The number of quaternary nitrogens is 1. The van der Waals surface area contributed by atoms with Gasteiger partial charge in [0.2, 0.25) is 11.6 Å². The van der Waals surface area contributed by atoms with E-state index < -0.39 is 0 Å². The summed E-state index contributed by atoms with van der Waals surface area (Å²) in [4.78, 5) is 4.89. The van der Waals surface area contributed by atoms with E-state index in [1.54, 1.807) is 6.26 Å². The van der Waals surface area contributed by atoms with Gasteiger partial charge in [0, 0.05) is 6.42 Å². The maximum atomic E-state index is 9.81. The second kappa shape index (κ2) is 8.89. The minimum atomic E-state index is -0.0920. The zero-order valence-corrected chi connectivity index (χ0v) is 16.1. The second-order valence-corrected chi connectivity index (χ2v) is 6.96. The third kappa shape index (κ3) is 4.24. The molecule has 0 amide bonds. The van der Waals surface area contributed by atoms with Crippen molar-refractivity contribution in [3.63, 3.8) is 0 Å². The van der Waals surface area contributed by atoms with Crippen LogP contribution in [0.4, 0.5) is 11.6 Å². The number of hydrogen-bond donors (Lipinski definition) is 4. The van der Waals surface area contributed by atoms with Gasteiger partial charge < -0.3 is 14.4 Å². The molecule has 0 saturated carbocycles. The van der Waals surface area contributed by atoms with Gasteiger partial charge in [-0.15, -0.1) is 0 Å². The van der Waals surface area contributed by atoms with Crippen LogP contribution in [-0.2, 0) is 19.5 Å². The molecule has 3 rings (SSSR count). The molecule has 0 aliphatic carbocycles. The molecule has 0 saturated heterocycles. The second-order valence-electron chi connectivity index (χ2n) is 6.96. The molecule has 1 aliphatic rings. The standard InChI is InChI=1S/C20H27N5O2/c1-3-14(13-26)23-20-17(10-21)16-7-8-25(4-2)12-18(16)19(24-20)22-11-15-6-5-9-27-15/h5-6,9,14,26H,3-4,7-8,11-13H2,1-2H3,(H2,22,23,24)/p+2/t14-/m0/s1. The van der Waals surface area contributed by atoms with Crippen molar-refractivity contribution in [1.29, 1.82) is 5.26 Å². The van der Waals surface area contributed by atoms with Crippen LogP contribution in [0, 0.1) is 11.3 Å². The van der Waals surface area contributed by atoms with Gasteiger partial charge in [0.1, 0.15) is 30.5 Å². The van der Waals surface area contributed by atoms with Crippen molar-refractivity contribution in [2.24, 2.45) is 0 Å². The van der Waals surface area contributed by atoms with Gasteiger partial charge in [0.15, 0.2) is 0 Å². The maximum Gasteiger partial charge on any atom is 0.237 e. The highest BCUT2D eigenvalue weighted by Gasteiger charge is 2.30. The molecule has 0 fully saturated rings. The van der Waals surface area contributed by atoms with Gasteiger partial charge in [-0.3, -0.25) is 10.6 Å². The molecule has 2 atom stereocenters. The molecule has 144 valence electrons. The predicted octanol–water partition coefficient (Wildman–Crippen LogP) is 0.721. The van der Waals surface area contributed by atoms with Crippen LogP contribution in [-0.4, -0.2) is 30.8 Å². The number of aliphatic hydroxyl groups is 1. The first kappa shape index (κ1) is 19.2. The summed E-state index contributed by atoms with van der Waals surface area (Å²) in [6.45, 7) is 7.76. The molecule has 1 unspecified atom stereocenters. The predicted molar refractivity (Wildman–Crippen MR) is 102 cm³/mol. The van der Waals surface area contributed by atoms with Gasteiger partial charge in [-0.25, -0.2) is 4.98 Å². The number of H-pyrrole nitrogens is 1. The highest BCUT2D eigenvalue weighted by Crippen LogP contribution is 2.26. The molecule has 7 heteroatoms. The molecule has 5 N–H and O–H groups in total. The molecule has 2 aromatic heterocycles. The Hall–Kier alpha value is -2.56. The smallest absolute Gasteiger partial charge is 0.237 e. The fourth-order valence-corrected chi connectivity index (χ4v) is 3.58. The van der Waals surface area contributed by atoms with Gasteiger partial charge in [-0.2, -0.15) is 5.26 Å². The molecular formula is C20H29N5O2+2. The number of likely N-dealkylation sites (N-methyl/N-ethyl adjacent to an activating group) is 1. The van der Waals surface area contributed by atoms with Gasteiger partial charge >= 0.3 is 0 Å². The Morgan fingerprint density at radius 3 is 2.85 bits per heavy atom. The molecule has 1 aliphatic heterocycles. The minimum Gasteiger partial charge on any atom is -0.466 e. The number of pyridine rings is 1. The Labute approximate surface area is 160 Å². The lowest BCUT2D eigenvalue weighted by atomic mass is 9.95. The molecule has 3 heterocycles. The number of hydrogen-bond acceptors (Lipinski definition) is 5. The van der Waals surface area contributed by atoms with E-state index in [0.717, 1.165) is 49.6 Å². The highest BCUT2D eigenvalue weighted by atomic mass is 16.3. The van der Waals surface area contributed by atoms with Crippen molar-refractivity contribution in [3.05, 3.63) is 40.8 Å². The lowest BCUT2D eigenvalue weighted by molar-refractivity contribution is -0.914. The number of nitrogens with one attached hydrogen (secondary N) is 4. The summed E-state index contributed by atoms with van der Waals surface area (Å²) in [6.07, 6.45) is 3.31. The van der Waals surface area contributed by atoms with Crippen LogP contribution < -0.4 is 20.5 Å². The minimum absolute atomic E-state index is 0.0230. The number of anilines is 2. The van der Waals surface area contributed by atoms with Crippen LogP contribution in [0.2, 0.25) is 0 Å². The van der Waals surface area contributed by atoms with E-state index in [-0.39, 0.29) is 12.6 Å². The topological polar surface area (TPSA) is 99.8 Å². The van der Waals surface area contributed by atoms with Crippen molar-refractivity contribution in [1.82, 2.24) is 0 Å². The first-order valence-electron chi connectivity index (χ1n) is 9.68. The molecule has 7 nitrogen and oxygen atoms in total. The van der Waals surface area contributed by atoms with Crippen molar-refractivity contribution in [2.45, 2.75) is 45.8 Å². The summed E-state index contributed by atoms with van der Waals surface area (Å²) in [5.74, 6) is 2.45. The van der Waals surface area contributed by atoms with E-state index in [1.165, 1.54) is 10.5 Å². The van der Waals surface area contributed by atoms with Crippen LogP contribution >= 0.6 is 0 Å². The Bertz CT molecular complexity index is 794. The average molecular weight is 371 g/mol. The lowest BCUT2D eigenvalue weighted by Crippen LogP contribution is -3.11. The van der Waals surface area contributed by atoms with E-state index in [0.29, 0.717) is 17.9 Å². The summed E-state index contributed by atoms with van der Waals surface area (Å²) in [7, 11) is 0. The summed E-state index contributed by atoms with van der Waals surface area (Å²) < 4.78 is 5.43. The van der Waals surface area contributed by atoms with Crippen molar-refractivity contribution in [3.8, 4) is 6.07 Å². The Morgan fingerprint density at radius 1 is 1.37 bits per heavy atom. The van der Waals surface area contributed by atoms with Gasteiger partial charge in [-0.05, 0) is 31.0 Å². The fraction of sp³-hybridized carbons (Fsp3) is 0.500. The van der Waals surface area contributed by atoms with E-state index in [2.05, 4.69) is 28.6 Å². The van der Waals surface area contributed by atoms with Crippen molar-refractivity contribution < 1.29 is 19.4 Å². The summed E-state index contributed by atoms with van der Waals surface area (Å²) >= 11 is 0. The zero-order chi connectivity index (χ0) is 19.2. The normalized spacial score (nSPS) is 17.0. The van der Waals surface area contributed by atoms with E-state index in [1.807, 2.05) is 19.1 Å². The molecule has 27 heavy (non-hydrogen) atoms. The maximum absolute atomic E-state index is 9.81. The van der Waals surface area contributed by atoms with Crippen molar-refractivity contribution in [2.75, 3.05) is 30.3 Å².